The molecule has 0 aromatic heterocycles. The van der Waals surface area contributed by atoms with E-state index in [1.54, 1.807) is 39.8 Å². The first-order valence-electron chi connectivity index (χ1n) is 4.09. The van der Waals surface area contributed by atoms with Crippen LogP contribution in [0.1, 0.15) is 27.7 Å². The fraction of sp³-hybridized carbons (Fsp3) is 0.400. The zero-order chi connectivity index (χ0) is 11.7. The topological polar surface area (TPSA) is 74.6 Å². The van der Waals surface area contributed by atoms with Gasteiger partial charge in [-0.25, -0.2) is 9.59 Å². The molecule has 0 unspecified atom stereocenters. The van der Waals surface area contributed by atoms with Gasteiger partial charge in [-0.05, 0) is 27.7 Å². The second-order valence-corrected chi connectivity index (χ2v) is 2.55. The standard InChI is InChI=1S/2C5H8O2/c2*1-3-4(2)5(6)7/h2*3H,1-2H3,(H,6,7)/b4-3+;4-3-. The van der Waals surface area contributed by atoms with Crippen LogP contribution in [0.5, 0.6) is 0 Å². The molecule has 0 aliphatic rings. The van der Waals surface area contributed by atoms with Crippen LogP contribution in [0.15, 0.2) is 23.3 Å². The molecule has 0 aliphatic heterocycles. The highest BCUT2D eigenvalue weighted by atomic mass is 16.4. The largest absolute Gasteiger partial charge is 0.478 e. The van der Waals surface area contributed by atoms with Gasteiger partial charge in [-0.2, -0.15) is 0 Å². The minimum atomic E-state index is -0.845. The van der Waals surface area contributed by atoms with Crippen molar-refractivity contribution >= 4 is 11.9 Å². The molecule has 4 nitrogen and oxygen atoms in total. The molecular weight excluding hydrogens is 184 g/mol. The minimum Gasteiger partial charge on any atom is -0.478 e. The van der Waals surface area contributed by atoms with Crippen LogP contribution >= 0.6 is 0 Å². The molecule has 80 valence electrons. The molecule has 0 rings (SSSR count). The Morgan fingerprint density at radius 1 is 0.857 bits per heavy atom. The molecule has 0 aliphatic carbocycles. The maximum atomic E-state index is 9.86. The predicted octanol–water partition coefficient (Wildman–Crippen LogP) is 2.07. The van der Waals surface area contributed by atoms with Crippen molar-refractivity contribution in [3.63, 3.8) is 0 Å². The first-order valence-corrected chi connectivity index (χ1v) is 4.09. The van der Waals surface area contributed by atoms with Crippen molar-refractivity contribution in [1.29, 1.82) is 0 Å². The Bertz CT molecular complexity index is 233. The summed E-state index contributed by atoms with van der Waals surface area (Å²) in [5.41, 5.74) is 0.778. The summed E-state index contributed by atoms with van der Waals surface area (Å²) in [6.07, 6.45) is 3.12. The van der Waals surface area contributed by atoms with Gasteiger partial charge in [0.1, 0.15) is 0 Å². The van der Waals surface area contributed by atoms with Crippen molar-refractivity contribution in [2.45, 2.75) is 27.7 Å². The highest BCUT2D eigenvalue weighted by Crippen LogP contribution is 1.88. The van der Waals surface area contributed by atoms with Gasteiger partial charge in [-0.15, -0.1) is 0 Å². The highest BCUT2D eigenvalue weighted by Gasteiger charge is 1.93. The number of carboxylic acids is 2. The molecular formula is C10H16O4. The van der Waals surface area contributed by atoms with E-state index in [1.807, 2.05) is 0 Å². The molecule has 0 spiro atoms. The lowest BCUT2D eigenvalue weighted by molar-refractivity contribution is -0.133. The predicted molar refractivity (Wildman–Crippen MR) is 54.1 cm³/mol. The average molecular weight is 200 g/mol. The molecule has 0 amide bonds. The summed E-state index contributed by atoms with van der Waals surface area (Å²) < 4.78 is 0. The van der Waals surface area contributed by atoms with Crippen LogP contribution in [0, 0.1) is 0 Å². The lowest BCUT2D eigenvalue weighted by Gasteiger charge is -1.84. The van der Waals surface area contributed by atoms with E-state index in [9.17, 15) is 9.59 Å². The number of carboxylic acid groups (broad SMARTS) is 2. The maximum Gasteiger partial charge on any atom is 0.330 e. The monoisotopic (exact) mass is 200 g/mol. The molecule has 0 heterocycles. The highest BCUT2D eigenvalue weighted by molar-refractivity contribution is 5.85. The van der Waals surface area contributed by atoms with Gasteiger partial charge in [-0.1, -0.05) is 12.2 Å². The maximum absolute atomic E-state index is 9.86. The van der Waals surface area contributed by atoms with Gasteiger partial charge < -0.3 is 10.2 Å². The van der Waals surface area contributed by atoms with Gasteiger partial charge >= 0.3 is 11.9 Å². The number of carbonyl (C=O) groups is 2. The summed E-state index contributed by atoms with van der Waals surface area (Å²) in [5.74, 6) is -1.69. The van der Waals surface area contributed by atoms with E-state index in [0.29, 0.717) is 11.1 Å². The lowest BCUT2D eigenvalue weighted by atomic mass is 10.3. The minimum absolute atomic E-state index is 0.389. The molecule has 0 saturated heterocycles. The Morgan fingerprint density at radius 3 is 1.07 bits per heavy atom. The van der Waals surface area contributed by atoms with Gasteiger partial charge in [0, 0.05) is 11.1 Å². The Balaban J connectivity index is 0. The van der Waals surface area contributed by atoms with Crippen LogP contribution < -0.4 is 0 Å². The van der Waals surface area contributed by atoms with Crippen molar-refractivity contribution in [3.8, 4) is 0 Å². The van der Waals surface area contributed by atoms with E-state index < -0.39 is 11.9 Å². The summed E-state index contributed by atoms with van der Waals surface area (Å²) in [7, 11) is 0. The average Bonchev–Trinajstić information content (AvgIpc) is 2.15. The van der Waals surface area contributed by atoms with Gasteiger partial charge in [0.15, 0.2) is 0 Å². The van der Waals surface area contributed by atoms with Crippen LogP contribution in [0.3, 0.4) is 0 Å². The van der Waals surface area contributed by atoms with E-state index in [4.69, 9.17) is 10.2 Å². The molecule has 14 heavy (non-hydrogen) atoms. The van der Waals surface area contributed by atoms with Crippen molar-refractivity contribution in [3.05, 3.63) is 23.3 Å². The van der Waals surface area contributed by atoms with Crippen molar-refractivity contribution < 1.29 is 19.8 Å². The lowest BCUT2D eigenvalue weighted by Crippen LogP contribution is -1.93. The van der Waals surface area contributed by atoms with Gasteiger partial charge in [0.05, 0.1) is 0 Å². The van der Waals surface area contributed by atoms with Gasteiger partial charge in [0.2, 0.25) is 0 Å². The second-order valence-electron chi connectivity index (χ2n) is 2.55. The van der Waals surface area contributed by atoms with E-state index in [1.165, 1.54) is 0 Å². The molecule has 0 fully saturated rings. The smallest absolute Gasteiger partial charge is 0.330 e. The Labute approximate surface area is 83.6 Å². The molecule has 4 heteroatoms. The first-order chi connectivity index (χ1) is 6.36. The van der Waals surface area contributed by atoms with E-state index in [0.717, 1.165) is 0 Å². The molecule has 0 bridgehead atoms. The third kappa shape index (κ3) is 8.52. The number of rotatable bonds is 2. The first kappa shape index (κ1) is 14.9. The van der Waals surface area contributed by atoms with Gasteiger partial charge in [0.25, 0.3) is 0 Å². The van der Waals surface area contributed by atoms with Crippen LogP contribution in [-0.2, 0) is 9.59 Å². The molecule has 0 aromatic carbocycles. The van der Waals surface area contributed by atoms with E-state index >= 15 is 0 Å². The second kappa shape index (κ2) is 8.04. The molecule has 0 atom stereocenters. The molecule has 2 N–H and O–H groups in total. The molecule has 0 aromatic rings. The number of hydrogen-bond acceptors (Lipinski definition) is 2. The Kier molecular flexibility index (Phi) is 8.57. The van der Waals surface area contributed by atoms with Crippen LogP contribution in [-0.4, -0.2) is 22.2 Å². The summed E-state index contributed by atoms with van der Waals surface area (Å²) in [6, 6.07) is 0. The quantitative estimate of drug-likeness (QED) is 0.669. The van der Waals surface area contributed by atoms with Crippen LogP contribution in [0.4, 0.5) is 0 Å². The third-order valence-corrected chi connectivity index (χ3v) is 1.54. The number of allylic oxidation sites excluding steroid dienone is 2. The van der Waals surface area contributed by atoms with E-state index in [2.05, 4.69) is 0 Å². The van der Waals surface area contributed by atoms with E-state index in [-0.39, 0.29) is 0 Å². The third-order valence-electron chi connectivity index (χ3n) is 1.54. The SMILES string of the molecule is C/C=C(/C)C(=O)O.C/C=C(\C)C(=O)O. The van der Waals surface area contributed by atoms with Crippen molar-refractivity contribution in [1.82, 2.24) is 0 Å². The summed E-state index contributed by atoms with van der Waals surface area (Å²) in [6.45, 7) is 6.51. The number of hydrogen-bond donors (Lipinski definition) is 2. The van der Waals surface area contributed by atoms with Gasteiger partial charge in [-0.3, -0.25) is 0 Å². The Morgan fingerprint density at radius 2 is 1.07 bits per heavy atom. The van der Waals surface area contributed by atoms with Crippen molar-refractivity contribution in [2.75, 3.05) is 0 Å². The summed E-state index contributed by atoms with van der Waals surface area (Å²) >= 11 is 0. The zero-order valence-corrected chi connectivity index (χ0v) is 8.87. The normalized spacial score (nSPS) is 11.4. The summed E-state index contributed by atoms with van der Waals surface area (Å²) in [5, 5.41) is 16.2. The summed E-state index contributed by atoms with van der Waals surface area (Å²) in [4.78, 5) is 19.7. The number of aliphatic carboxylic acids is 2. The fourth-order valence-electron chi connectivity index (χ4n) is 0.247. The van der Waals surface area contributed by atoms with Crippen molar-refractivity contribution in [2.24, 2.45) is 0 Å². The Hall–Kier alpha value is -1.58. The molecule has 0 saturated carbocycles. The molecule has 0 radical (unpaired) electrons. The van der Waals surface area contributed by atoms with Crippen LogP contribution in [0.25, 0.3) is 0 Å². The fourth-order valence-corrected chi connectivity index (χ4v) is 0.247. The zero-order valence-electron chi connectivity index (χ0n) is 8.87. The van der Waals surface area contributed by atoms with Crippen LogP contribution in [0.2, 0.25) is 0 Å².